The Labute approximate surface area is 469 Å². The summed E-state index contributed by atoms with van der Waals surface area (Å²) in [5.41, 5.74) is 0.802. The number of methoxy groups -OCH3 is 3. The van der Waals surface area contributed by atoms with E-state index >= 15 is 0 Å². The predicted octanol–water partition coefficient (Wildman–Crippen LogP) is 3.05. The molecule has 1 aliphatic heterocycles. The highest BCUT2D eigenvalue weighted by Crippen LogP contribution is 2.30. The summed E-state index contributed by atoms with van der Waals surface area (Å²) < 4.78 is 33.3. The molecule has 0 aliphatic carbocycles. The number of carbonyl (C=O) groups is 8. The SMILES string of the molecule is CCC(CO)OC(COC(=O)CCCC(=O)N[C@@H](C)C(=O)OCCCNC(=O)[C@H](Cc1ccccc1)NC(=O)[C@H](C)[C@@H](OC)[C@@H]1CCCN1C(=O)C[C@@H](OC)[C@H](C(C)CC)N(C)C(=O)[C@@H](NC(=O)[C@@H](NC)C(C)C)C(C)C)OC. The Kier molecular flexibility index (Phi) is 32.6. The molecule has 6 N–H and O–H groups in total. The molecule has 1 fully saturated rings. The Morgan fingerprint density at radius 1 is 0.785 bits per heavy atom. The van der Waals surface area contributed by atoms with Crippen molar-refractivity contribution in [1.29, 1.82) is 0 Å². The molecule has 1 aromatic rings. The van der Waals surface area contributed by atoms with Gasteiger partial charge in [0.1, 0.15) is 24.7 Å². The molecule has 22 heteroatoms. The van der Waals surface area contributed by atoms with E-state index in [9.17, 15) is 43.5 Å². The van der Waals surface area contributed by atoms with Crippen LogP contribution in [0.3, 0.4) is 0 Å². The fourth-order valence-electron chi connectivity index (χ4n) is 9.76. The molecule has 2 rings (SSSR count). The maximum Gasteiger partial charge on any atom is 0.328 e. The monoisotopic (exact) mass is 1120 g/mol. The summed E-state index contributed by atoms with van der Waals surface area (Å²) in [4.78, 5) is 111. The lowest BCUT2D eigenvalue weighted by atomic mass is 9.89. The van der Waals surface area contributed by atoms with Gasteiger partial charge in [-0.3, -0.25) is 33.6 Å². The molecule has 1 heterocycles. The second-order valence-electron chi connectivity index (χ2n) is 21.2. The minimum absolute atomic E-state index is 0.00897. The normalized spacial score (nSPS) is 17.7. The molecular weight excluding hydrogens is 1020 g/mol. The predicted molar refractivity (Wildman–Crippen MR) is 297 cm³/mol. The molecule has 0 spiro atoms. The first-order valence-electron chi connectivity index (χ1n) is 28.2. The highest BCUT2D eigenvalue weighted by Gasteiger charge is 2.43. The minimum Gasteiger partial charge on any atom is -0.464 e. The van der Waals surface area contributed by atoms with Gasteiger partial charge in [-0.15, -0.1) is 0 Å². The van der Waals surface area contributed by atoms with Crippen LogP contribution in [0, 0.1) is 23.7 Å². The summed E-state index contributed by atoms with van der Waals surface area (Å²) in [5, 5.41) is 23.7. The number of hydrogen-bond donors (Lipinski definition) is 6. The van der Waals surface area contributed by atoms with Crippen LogP contribution in [0.2, 0.25) is 0 Å². The third-order valence-electron chi connectivity index (χ3n) is 14.7. The summed E-state index contributed by atoms with van der Waals surface area (Å²) in [6.45, 7) is 16.7. The number of likely N-dealkylation sites (N-methyl/N-ethyl adjacent to an activating group) is 2. The van der Waals surface area contributed by atoms with Crippen molar-refractivity contribution in [3.8, 4) is 0 Å². The first kappa shape index (κ1) is 69.8. The smallest absolute Gasteiger partial charge is 0.328 e. The van der Waals surface area contributed by atoms with E-state index in [0.717, 1.165) is 5.56 Å². The molecule has 0 bridgehead atoms. The lowest BCUT2D eigenvalue weighted by molar-refractivity contribution is -0.194. The lowest BCUT2D eigenvalue weighted by Crippen LogP contribution is -2.59. The van der Waals surface area contributed by atoms with Gasteiger partial charge in [-0.25, -0.2) is 4.79 Å². The van der Waals surface area contributed by atoms with Crippen LogP contribution >= 0.6 is 0 Å². The van der Waals surface area contributed by atoms with Gasteiger partial charge in [-0.05, 0) is 69.4 Å². The second kappa shape index (κ2) is 36.9. The Morgan fingerprint density at radius 2 is 1.46 bits per heavy atom. The van der Waals surface area contributed by atoms with E-state index in [0.29, 0.717) is 32.2 Å². The molecule has 450 valence electrons. The number of benzene rings is 1. The van der Waals surface area contributed by atoms with E-state index in [2.05, 4.69) is 26.6 Å². The molecule has 3 unspecified atom stereocenters. The molecule has 22 nitrogen and oxygen atoms in total. The average Bonchev–Trinajstić information content (AvgIpc) is 3.92. The zero-order valence-corrected chi connectivity index (χ0v) is 49.6. The summed E-state index contributed by atoms with van der Waals surface area (Å²) >= 11 is 0. The zero-order valence-electron chi connectivity index (χ0n) is 49.6. The van der Waals surface area contributed by atoms with Crippen molar-refractivity contribution in [2.45, 2.75) is 187 Å². The van der Waals surface area contributed by atoms with E-state index in [4.69, 9.17) is 28.4 Å². The van der Waals surface area contributed by atoms with E-state index in [1.807, 2.05) is 78.8 Å². The Balaban J connectivity index is 2.06. The fourth-order valence-corrected chi connectivity index (χ4v) is 9.76. The van der Waals surface area contributed by atoms with Crippen molar-refractivity contribution in [3.05, 3.63) is 35.9 Å². The number of aliphatic hydroxyl groups excluding tert-OH is 1. The highest BCUT2D eigenvalue weighted by molar-refractivity contribution is 5.91. The molecular formula is C57H97N7O15. The Morgan fingerprint density at radius 3 is 2.03 bits per heavy atom. The minimum atomic E-state index is -0.999. The van der Waals surface area contributed by atoms with Crippen LogP contribution in [-0.4, -0.2) is 191 Å². The van der Waals surface area contributed by atoms with Gasteiger partial charge in [-0.2, -0.15) is 0 Å². The van der Waals surface area contributed by atoms with Gasteiger partial charge in [0, 0.05) is 60.7 Å². The molecule has 1 aromatic carbocycles. The number of likely N-dealkylation sites (tertiary alicyclic amines) is 1. The number of hydrogen-bond acceptors (Lipinski definition) is 16. The second-order valence-corrected chi connectivity index (χ2v) is 21.2. The van der Waals surface area contributed by atoms with Crippen molar-refractivity contribution in [2.75, 3.05) is 68.3 Å². The quantitative estimate of drug-likeness (QED) is 0.0315. The number of rotatable bonds is 38. The topological polar surface area (TPSA) is 279 Å². The summed E-state index contributed by atoms with van der Waals surface area (Å²) in [7, 11) is 7.82. The molecule has 0 saturated carbocycles. The van der Waals surface area contributed by atoms with Gasteiger partial charge < -0.3 is 69.9 Å². The van der Waals surface area contributed by atoms with Crippen LogP contribution < -0.4 is 26.6 Å². The van der Waals surface area contributed by atoms with Gasteiger partial charge in [0.25, 0.3) is 0 Å². The Bertz CT molecular complexity index is 2030. The number of esters is 2. The van der Waals surface area contributed by atoms with Crippen LogP contribution in [0.4, 0.5) is 0 Å². The van der Waals surface area contributed by atoms with Crippen molar-refractivity contribution in [2.24, 2.45) is 23.7 Å². The Hall–Kier alpha value is -5.26. The number of nitrogens with zero attached hydrogens (tertiary/aromatic N) is 2. The van der Waals surface area contributed by atoms with Gasteiger partial charge >= 0.3 is 11.9 Å². The van der Waals surface area contributed by atoms with Crippen LogP contribution in [0.15, 0.2) is 30.3 Å². The van der Waals surface area contributed by atoms with Gasteiger partial charge in [0.05, 0.1) is 62.0 Å². The fraction of sp³-hybridized carbons (Fsp3) is 0.754. The zero-order chi connectivity index (χ0) is 59.4. The van der Waals surface area contributed by atoms with Crippen molar-refractivity contribution >= 4 is 47.4 Å². The third-order valence-corrected chi connectivity index (χ3v) is 14.7. The lowest BCUT2D eigenvalue weighted by Gasteiger charge is -2.41. The number of aliphatic hydroxyl groups is 1. The number of nitrogens with one attached hydrogen (secondary N) is 5. The van der Waals surface area contributed by atoms with E-state index in [1.54, 1.807) is 30.8 Å². The average molecular weight is 1120 g/mol. The largest absolute Gasteiger partial charge is 0.464 e. The molecule has 1 aliphatic rings. The van der Waals surface area contributed by atoms with E-state index in [-0.39, 0.29) is 100 Å². The summed E-state index contributed by atoms with van der Waals surface area (Å²) in [6.07, 6.45) is 0.109. The summed E-state index contributed by atoms with van der Waals surface area (Å²) in [6, 6.07) is 4.92. The van der Waals surface area contributed by atoms with Crippen molar-refractivity contribution in [1.82, 2.24) is 36.4 Å². The van der Waals surface area contributed by atoms with E-state index < -0.39 is 96.4 Å². The molecule has 12 atom stereocenters. The summed E-state index contributed by atoms with van der Waals surface area (Å²) in [5.74, 6) is -4.54. The molecule has 1 saturated heterocycles. The number of carbonyl (C=O) groups excluding carboxylic acids is 8. The first-order chi connectivity index (χ1) is 37.5. The van der Waals surface area contributed by atoms with Crippen LogP contribution in [0.25, 0.3) is 0 Å². The maximum absolute atomic E-state index is 14.5. The van der Waals surface area contributed by atoms with Crippen molar-refractivity contribution < 1.29 is 71.9 Å². The maximum atomic E-state index is 14.5. The van der Waals surface area contributed by atoms with Gasteiger partial charge in [-0.1, -0.05) is 92.1 Å². The van der Waals surface area contributed by atoms with E-state index in [1.165, 1.54) is 28.3 Å². The first-order valence-corrected chi connectivity index (χ1v) is 28.2. The number of amides is 6. The van der Waals surface area contributed by atoms with Gasteiger partial charge in [0.2, 0.25) is 35.4 Å². The third kappa shape index (κ3) is 23.0. The van der Waals surface area contributed by atoms with Crippen LogP contribution in [0.5, 0.6) is 0 Å². The van der Waals surface area contributed by atoms with Crippen molar-refractivity contribution in [3.63, 3.8) is 0 Å². The van der Waals surface area contributed by atoms with Gasteiger partial charge in [0.15, 0.2) is 6.29 Å². The molecule has 0 aromatic heterocycles. The van der Waals surface area contributed by atoms with Crippen LogP contribution in [-0.2, 0) is 73.2 Å². The van der Waals surface area contributed by atoms with Crippen LogP contribution in [0.1, 0.15) is 126 Å². The molecule has 6 amide bonds. The molecule has 79 heavy (non-hydrogen) atoms. The highest BCUT2D eigenvalue weighted by atomic mass is 16.7. The standard InChI is InChI=1S/C57H97N7O15/c1-15-37(7)51(63(11)56(72)50(36(5)6)62-55(71)49(58-10)35(3)4)44(74-12)32-46(67)64-29-21-25-43(64)52(76-14)38(8)53(69)61-42(31-40-23-18-17-19-24-40)54(70)59-28-22-30-77-57(73)39(9)60-45(66)26-20-27-47(68)78-34-48(75-13)79-41(16-2)33-65/h17-19,23-24,35-39,41-44,48-52,58,65H,15-16,20-22,25-34H2,1-14H3,(H,59,70)(H,60,66)(H,61,69)(H,62,71)/t37?,38-,39+,41?,42+,43+,44-,48?,49+,50+,51+,52-/m1/s1. The molecule has 0 radical (unpaired) electrons. The number of ether oxygens (including phenoxy) is 6.